The first-order valence-electron chi connectivity index (χ1n) is 8.59. The molecule has 7 heteroatoms. The zero-order valence-electron chi connectivity index (χ0n) is 15.0. The van der Waals surface area contributed by atoms with Gasteiger partial charge in [-0.3, -0.25) is 0 Å². The van der Waals surface area contributed by atoms with Crippen molar-refractivity contribution in [1.82, 2.24) is 5.32 Å². The summed E-state index contributed by atoms with van der Waals surface area (Å²) in [5.41, 5.74) is 0.305. The number of rotatable bonds is 8. The highest BCUT2D eigenvalue weighted by atomic mass is 16.6. The number of amides is 1. The summed E-state index contributed by atoms with van der Waals surface area (Å²) >= 11 is 0. The molecule has 1 aliphatic rings. The van der Waals surface area contributed by atoms with Crippen molar-refractivity contribution in [1.29, 1.82) is 0 Å². The summed E-state index contributed by atoms with van der Waals surface area (Å²) in [6.07, 6.45) is -0.476. The maximum Gasteiger partial charge on any atom is 0.412 e. The lowest BCUT2D eigenvalue weighted by molar-refractivity contribution is -0.138. The third kappa shape index (κ3) is 5.21. The van der Waals surface area contributed by atoms with Crippen molar-refractivity contribution in [2.75, 3.05) is 26.4 Å². The van der Waals surface area contributed by atoms with Crippen LogP contribution in [0.15, 0.2) is 48.6 Å². The average Bonchev–Trinajstić information content (AvgIpc) is 3.48. The molecule has 2 aromatic rings. The fourth-order valence-corrected chi connectivity index (χ4v) is 2.36. The Hall–Kier alpha value is -3.06. The lowest BCUT2D eigenvalue weighted by Crippen LogP contribution is -2.30. The van der Waals surface area contributed by atoms with E-state index in [1.165, 1.54) is 0 Å². The van der Waals surface area contributed by atoms with E-state index in [2.05, 4.69) is 11.9 Å². The van der Waals surface area contributed by atoms with Crippen LogP contribution in [0, 0.1) is 0 Å². The summed E-state index contributed by atoms with van der Waals surface area (Å²) in [6, 6.07) is 11.0. The molecule has 0 aromatic heterocycles. The number of ether oxygens (including phenoxy) is 4. The molecular formula is C20H21NO6. The van der Waals surface area contributed by atoms with E-state index in [-0.39, 0.29) is 19.3 Å². The number of esters is 1. The first kappa shape index (κ1) is 18.7. The number of fused-ring (bicyclic) bond motifs is 1. The maximum atomic E-state index is 12.0. The van der Waals surface area contributed by atoms with Gasteiger partial charge in [0.25, 0.3) is 0 Å². The Balaban J connectivity index is 1.59. The molecule has 3 rings (SSSR count). The summed E-state index contributed by atoms with van der Waals surface area (Å²) in [4.78, 5) is 23.3. The number of carbonyl (C=O) groups excluding carboxylic acids is 2. The van der Waals surface area contributed by atoms with Gasteiger partial charge in [0.2, 0.25) is 0 Å². The highest BCUT2D eigenvalue weighted by Gasteiger charge is 2.23. The number of epoxide rings is 1. The minimum atomic E-state index is -0.633. The van der Waals surface area contributed by atoms with E-state index in [0.717, 1.165) is 17.4 Å². The molecule has 7 nitrogen and oxygen atoms in total. The molecule has 1 N–H and O–H groups in total. The topological polar surface area (TPSA) is 86.4 Å². The zero-order valence-corrected chi connectivity index (χ0v) is 15.0. The van der Waals surface area contributed by atoms with Crippen molar-refractivity contribution in [3.05, 3.63) is 48.6 Å². The van der Waals surface area contributed by atoms with Gasteiger partial charge < -0.3 is 24.3 Å². The average molecular weight is 371 g/mol. The standard InChI is InChI=1S/C20H21NO6/c1-13(2)19(22)24-10-9-21-20(23)27-18-8-7-17(26-12-14-11-25-14)15-5-3-4-6-16(15)18/h3-8,14H,1,9-12H2,2H3,(H,21,23). The Morgan fingerprint density at radius 1 is 1.19 bits per heavy atom. The van der Waals surface area contributed by atoms with Gasteiger partial charge in [0.05, 0.1) is 13.2 Å². The third-order valence-electron chi connectivity index (χ3n) is 3.83. The van der Waals surface area contributed by atoms with E-state index >= 15 is 0 Å². The highest BCUT2D eigenvalue weighted by molar-refractivity contribution is 5.94. The largest absolute Gasteiger partial charge is 0.490 e. The second-order valence-corrected chi connectivity index (χ2v) is 6.11. The third-order valence-corrected chi connectivity index (χ3v) is 3.83. The number of carbonyl (C=O) groups is 2. The van der Waals surface area contributed by atoms with Crippen LogP contribution in [0.25, 0.3) is 10.8 Å². The van der Waals surface area contributed by atoms with Gasteiger partial charge in [-0.2, -0.15) is 0 Å². The second kappa shape index (κ2) is 8.55. The van der Waals surface area contributed by atoms with Gasteiger partial charge in [0.15, 0.2) is 0 Å². The van der Waals surface area contributed by atoms with Crippen LogP contribution in [-0.4, -0.2) is 44.5 Å². The molecular weight excluding hydrogens is 350 g/mol. The minimum Gasteiger partial charge on any atom is -0.490 e. The number of benzene rings is 2. The van der Waals surface area contributed by atoms with E-state index in [0.29, 0.717) is 23.7 Å². The molecule has 0 bridgehead atoms. The Morgan fingerprint density at radius 2 is 1.85 bits per heavy atom. The molecule has 1 heterocycles. The fourth-order valence-electron chi connectivity index (χ4n) is 2.36. The first-order valence-corrected chi connectivity index (χ1v) is 8.59. The first-order chi connectivity index (χ1) is 13.0. The Labute approximate surface area is 156 Å². The fraction of sp³-hybridized carbons (Fsp3) is 0.300. The monoisotopic (exact) mass is 371 g/mol. The van der Waals surface area contributed by atoms with E-state index in [9.17, 15) is 9.59 Å². The quantitative estimate of drug-likeness (QED) is 0.332. The van der Waals surface area contributed by atoms with Crippen LogP contribution in [0.1, 0.15) is 6.92 Å². The van der Waals surface area contributed by atoms with Gasteiger partial charge in [-0.05, 0) is 19.1 Å². The molecule has 0 saturated carbocycles. The van der Waals surface area contributed by atoms with Crippen LogP contribution in [0.4, 0.5) is 4.79 Å². The van der Waals surface area contributed by atoms with E-state index in [1.807, 2.05) is 24.3 Å². The summed E-state index contributed by atoms with van der Waals surface area (Å²) < 4.78 is 21.2. The molecule has 142 valence electrons. The molecule has 0 aliphatic carbocycles. The lowest BCUT2D eigenvalue weighted by Gasteiger charge is -2.12. The second-order valence-electron chi connectivity index (χ2n) is 6.11. The molecule has 27 heavy (non-hydrogen) atoms. The Morgan fingerprint density at radius 3 is 2.52 bits per heavy atom. The normalized spacial score (nSPS) is 15.1. The van der Waals surface area contributed by atoms with E-state index in [4.69, 9.17) is 18.9 Å². The molecule has 1 atom stereocenters. The van der Waals surface area contributed by atoms with Crippen molar-refractivity contribution < 1.29 is 28.5 Å². The smallest absolute Gasteiger partial charge is 0.412 e. The van der Waals surface area contributed by atoms with E-state index < -0.39 is 12.1 Å². The van der Waals surface area contributed by atoms with Crippen molar-refractivity contribution in [3.63, 3.8) is 0 Å². The highest BCUT2D eigenvalue weighted by Crippen LogP contribution is 2.33. The van der Waals surface area contributed by atoms with E-state index in [1.54, 1.807) is 19.1 Å². The van der Waals surface area contributed by atoms with Crippen molar-refractivity contribution in [2.45, 2.75) is 13.0 Å². The number of hydrogen-bond acceptors (Lipinski definition) is 6. The Kier molecular flexibility index (Phi) is 5.93. The van der Waals surface area contributed by atoms with Gasteiger partial charge >= 0.3 is 12.1 Å². The van der Waals surface area contributed by atoms with Gasteiger partial charge in [-0.25, -0.2) is 9.59 Å². The lowest BCUT2D eigenvalue weighted by atomic mass is 10.1. The summed E-state index contributed by atoms with van der Waals surface area (Å²) in [5.74, 6) is 0.626. The molecule has 1 amide bonds. The van der Waals surface area contributed by atoms with Gasteiger partial charge in [0, 0.05) is 16.3 Å². The maximum absolute atomic E-state index is 12.0. The van der Waals surface area contributed by atoms with Gasteiger partial charge in [0.1, 0.15) is 30.8 Å². The van der Waals surface area contributed by atoms with Gasteiger partial charge in [-0.1, -0.05) is 30.8 Å². The Bertz CT molecular complexity index is 859. The molecule has 0 radical (unpaired) electrons. The molecule has 1 fully saturated rings. The zero-order chi connectivity index (χ0) is 19.2. The van der Waals surface area contributed by atoms with Crippen LogP contribution in [0.3, 0.4) is 0 Å². The predicted molar refractivity (Wildman–Crippen MR) is 99.0 cm³/mol. The molecule has 0 spiro atoms. The summed E-state index contributed by atoms with van der Waals surface area (Å²) in [5, 5.41) is 4.14. The van der Waals surface area contributed by atoms with Crippen molar-refractivity contribution >= 4 is 22.8 Å². The van der Waals surface area contributed by atoms with Crippen LogP contribution in [0.5, 0.6) is 11.5 Å². The minimum absolute atomic E-state index is 0.0392. The van der Waals surface area contributed by atoms with Crippen molar-refractivity contribution in [3.8, 4) is 11.5 Å². The molecule has 2 aromatic carbocycles. The SMILES string of the molecule is C=C(C)C(=O)OCCNC(=O)Oc1ccc(OCC2CO2)c2ccccc12. The number of nitrogens with one attached hydrogen (secondary N) is 1. The van der Waals surface area contributed by atoms with Crippen LogP contribution in [0.2, 0.25) is 0 Å². The van der Waals surface area contributed by atoms with Crippen LogP contribution >= 0.6 is 0 Å². The number of hydrogen-bond donors (Lipinski definition) is 1. The summed E-state index contributed by atoms with van der Waals surface area (Å²) in [6.45, 7) is 6.43. The molecule has 1 saturated heterocycles. The molecule has 1 unspecified atom stereocenters. The van der Waals surface area contributed by atoms with Gasteiger partial charge in [-0.15, -0.1) is 0 Å². The van der Waals surface area contributed by atoms with Crippen molar-refractivity contribution in [2.24, 2.45) is 0 Å². The predicted octanol–water partition coefficient (Wildman–Crippen LogP) is 2.83. The molecule has 1 aliphatic heterocycles. The summed E-state index contributed by atoms with van der Waals surface area (Å²) in [7, 11) is 0. The van der Waals surface area contributed by atoms with Crippen LogP contribution < -0.4 is 14.8 Å². The van der Waals surface area contributed by atoms with Crippen LogP contribution in [-0.2, 0) is 14.3 Å².